The van der Waals surface area contributed by atoms with Gasteiger partial charge in [-0.05, 0) is 39.8 Å². The molecule has 0 atom stereocenters. The number of rotatable bonds is 2. The molecule has 0 saturated heterocycles. The summed E-state index contributed by atoms with van der Waals surface area (Å²) in [4.78, 5) is 18.3. The van der Waals surface area contributed by atoms with Gasteiger partial charge in [-0.2, -0.15) is 0 Å². The molecule has 110 valence electrons. The molecule has 0 aromatic rings. The molecule has 0 unspecified atom stereocenters. The fourth-order valence-electron chi connectivity index (χ4n) is 0. The quantitative estimate of drug-likeness (QED) is 0.479. The summed E-state index contributed by atoms with van der Waals surface area (Å²) >= 11 is 0. The van der Waals surface area contributed by atoms with E-state index in [-0.39, 0.29) is 33.9 Å². The summed E-state index contributed by atoms with van der Waals surface area (Å²) in [6.07, 6.45) is 1.11. The first-order valence-electron chi connectivity index (χ1n) is 5.04. The first kappa shape index (κ1) is 30.8. The van der Waals surface area contributed by atoms with Crippen LogP contribution in [0.4, 0.5) is 0 Å². The van der Waals surface area contributed by atoms with Crippen LogP contribution in [0.25, 0.3) is 0 Å². The third-order valence-electron chi connectivity index (χ3n) is 0.333. The molecule has 0 heterocycles. The van der Waals surface area contributed by atoms with E-state index in [0.29, 0.717) is 0 Å². The molecule has 0 radical (unpaired) electrons. The van der Waals surface area contributed by atoms with Crippen molar-refractivity contribution in [2.45, 2.75) is 39.9 Å². The van der Waals surface area contributed by atoms with Crippen molar-refractivity contribution >= 4 is 11.9 Å². The Morgan fingerprint density at radius 1 is 0.895 bits per heavy atom. The zero-order valence-electron chi connectivity index (χ0n) is 11.8. The fraction of sp³-hybridized carbons (Fsp3) is 0.500. The van der Waals surface area contributed by atoms with Gasteiger partial charge in [0.05, 0.1) is 11.9 Å². The number of hydrogen-bond donors (Lipinski definition) is 2. The van der Waals surface area contributed by atoms with Crippen LogP contribution in [0.1, 0.15) is 27.7 Å². The standard InChI is InChI=1S/2C3H4O2.2C3H8O.Ti/c2*1-2-3(4)5;2*1-3(2)4;/h2*2H,1H2,(H,4,5);2*3-4H,1-2H3;/q;;;;+2/p-2. The Bertz CT molecular complexity index is 197. The van der Waals surface area contributed by atoms with Gasteiger partial charge in [0.1, 0.15) is 0 Å². The number of aliphatic hydroxyl groups is 2. The smallest absolute Gasteiger partial charge is 0.545 e. The number of carbonyl (C=O) groups is 2. The second-order valence-corrected chi connectivity index (χ2v) is 3.23. The molecule has 0 aliphatic carbocycles. The molecular formula is C12H22O6Ti. The summed E-state index contributed by atoms with van der Waals surface area (Å²) in [7, 11) is 0. The van der Waals surface area contributed by atoms with Crippen molar-refractivity contribution < 1.29 is 51.7 Å². The maximum atomic E-state index is 9.14. The minimum absolute atomic E-state index is 0. The van der Waals surface area contributed by atoms with Crippen molar-refractivity contribution in [1.82, 2.24) is 0 Å². The van der Waals surface area contributed by atoms with E-state index in [4.69, 9.17) is 30.0 Å². The van der Waals surface area contributed by atoms with Gasteiger partial charge in [-0.25, -0.2) is 0 Å². The summed E-state index contributed by atoms with van der Waals surface area (Å²) in [5.74, 6) is -2.46. The Hall–Kier alpha value is -0.946. The largest absolute Gasteiger partial charge is 2.00 e. The van der Waals surface area contributed by atoms with Gasteiger partial charge in [-0.1, -0.05) is 13.2 Å². The van der Waals surface area contributed by atoms with Crippen molar-refractivity contribution in [3.63, 3.8) is 0 Å². The van der Waals surface area contributed by atoms with Crippen molar-refractivity contribution in [2.24, 2.45) is 0 Å². The van der Waals surface area contributed by atoms with Crippen LogP contribution in [-0.4, -0.2) is 34.4 Å². The van der Waals surface area contributed by atoms with Crippen LogP contribution in [0.5, 0.6) is 0 Å². The van der Waals surface area contributed by atoms with Crippen LogP contribution < -0.4 is 10.2 Å². The molecule has 2 N–H and O–H groups in total. The van der Waals surface area contributed by atoms with Crippen molar-refractivity contribution in [1.29, 1.82) is 0 Å². The molecule has 0 saturated carbocycles. The molecule has 0 bridgehead atoms. The second kappa shape index (κ2) is 25.8. The van der Waals surface area contributed by atoms with Crippen LogP contribution in [0.2, 0.25) is 0 Å². The van der Waals surface area contributed by atoms with Crippen LogP contribution in [0.15, 0.2) is 25.3 Å². The Labute approximate surface area is 129 Å². The average Bonchev–Trinajstić information content (AvgIpc) is 2.16. The number of aliphatic carboxylic acids is 2. The third kappa shape index (κ3) is 414. The minimum Gasteiger partial charge on any atom is -0.545 e. The number of carboxylic acid groups (broad SMARTS) is 2. The van der Waals surface area contributed by atoms with Gasteiger partial charge < -0.3 is 30.0 Å². The second-order valence-electron chi connectivity index (χ2n) is 3.23. The van der Waals surface area contributed by atoms with E-state index in [2.05, 4.69) is 13.2 Å². The van der Waals surface area contributed by atoms with Gasteiger partial charge in [0.2, 0.25) is 0 Å². The van der Waals surface area contributed by atoms with E-state index < -0.39 is 11.9 Å². The van der Waals surface area contributed by atoms with Gasteiger partial charge in [-0.3, -0.25) is 0 Å². The molecule has 0 aromatic carbocycles. The van der Waals surface area contributed by atoms with Gasteiger partial charge in [-0.15, -0.1) is 0 Å². The third-order valence-corrected chi connectivity index (χ3v) is 0.333. The predicted octanol–water partition coefficient (Wildman–Crippen LogP) is -1.38. The Kier molecular flexibility index (Phi) is 41.8. The van der Waals surface area contributed by atoms with Crippen molar-refractivity contribution in [3.05, 3.63) is 25.3 Å². The van der Waals surface area contributed by atoms with E-state index in [9.17, 15) is 0 Å². The topological polar surface area (TPSA) is 121 Å². The predicted molar refractivity (Wildman–Crippen MR) is 65.1 cm³/mol. The molecule has 0 amide bonds. The maximum absolute atomic E-state index is 9.14. The fourth-order valence-corrected chi connectivity index (χ4v) is 0. The molecule has 0 aliphatic rings. The van der Waals surface area contributed by atoms with Gasteiger partial charge >= 0.3 is 21.7 Å². The summed E-state index contributed by atoms with van der Waals surface area (Å²) < 4.78 is 0. The van der Waals surface area contributed by atoms with Crippen LogP contribution in [0, 0.1) is 0 Å². The summed E-state index contributed by atoms with van der Waals surface area (Å²) in [6, 6.07) is 0. The zero-order valence-corrected chi connectivity index (χ0v) is 13.3. The molecule has 0 fully saturated rings. The average molecular weight is 310 g/mol. The maximum Gasteiger partial charge on any atom is 2.00 e. The molecule has 19 heavy (non-hydrogen) atoms. The minimum atomic E-state index is -1.23. The van der Waals surface area contributed by atoms with Crippen molar-refractivity contribution in [2.75, 3.05) is 0 Å². The SMILES string of the molecule is C=CC(=O)[O-].C=CC(=O)[O-].CC(C)O.CC(C)O.[Ti+2]. The number of hydrogen-bond acceptors (Lipinski definition) is 6. The van der Waals surface area contributed by atoms with E-state index in [1.165, 1.54) is 0 Å². The van der Waals surface area contributed by atoms with E-state index in [0.717, 1.165) is 12.2 Å². The van der Waals surface area contributed by atoms with Crippen LogP contribution in [-0.2, 0) is 31.3 Å². The summed E-state index contributed by atoms with van der Waals surface area (Å²) in [6.45, 7) is 12.7. The summed E-state index contributed by atoms with van der Waals surface area (Å²) in [5, 5.41) is 34.4. The van der Waals surface area contributed by atoms with E-state index in [1.807, 2.05) is 0 Å². The summed E-state index contributed by atoms with van der Waals surface area (Å²) in [5.41, 5.74) is 0. The number of carbonyl (C=O) groups excluding carboxylic acids is 2. The Balaban J connectivity index is -0.0000000453. The normalized spacial score (nSPS) is 7.16. The van der Waals surface area contributed by atoms with Gasteiger partial charge in [0.25, 0.3) is 0 Å². The van der Waals surface area contributed by atoms with Gasteiger partial charge in [0.15, 0.2) is 0 Å². The zero-order chi connectivity index (χ0) is 15.7. The Morgan fingerprint density at radius 3 is 0.947 bits per heavy atom. The van der Waals surface area contributed by atoms with Crippen LogP contribution >= 0.6 is 0 Å². The molecule has 0 aliphatic heterocycles. The molecule has 0 rings (SSSR count). The van der Waals surface area contributed by atoms with Crippen molar-refractivity contribution in [3.8, 4) is 0 Å². The van der Waals surface area contributed by atoms with E-state index in [1.54, 1.807) is 27.7 Å². The molecule has 0 aromatic heterocycles. The Morgan fingerprint density at radius 2 is 0.947 bits per heavy atom. The first-order valence-corrected chi connectivity index (χ1v) is 5.04. The van der Waals surface area contributed by atoms with E-state index >= 15 is 0 Å². The molecule has 6 nitrogen and oxygen atoms in total. The number of aliphatic hydroxyl groups excluding tert-OH is 2. The molecule has 7 heteroatoms. The molecular weight excluding hydrogens is 288 g/mol. The number of carboxylic acids is 2. The van der Waals surface area contributed by atoms with Gasteiger partial charge in [0, 0.05) is 12.2 Å². The first-order chi connectivity index (χ1) is 8.00. The molecule has 0 spiro atoms. The van der Waals surface area contributed by atoms with Crippen LogP contribution in [0.3, 0.4) is 0 Å². The monoisotopic (exact) mass is 310 g/mol.